The van der Waals surface area contributed by atoms with Crippen molar-refractivity contribution in [1.82, 2.24) is 4.90 Å². The highest BCUT2D eigenvalue weighted by molar-refractivity contribution is 6.46. The first-order valence-electron chi connectivity index (χ1n) is 11.3. The minimum Gasteiger partial charge on any atom is -0.507 e. The largest absolute Gasteiger partial charge is 0.507 e. The highest BCUT2D eigenvalue weighted by atomic mass is 16.5. The van der Waals surface area contributed by atoms with Gasteiger partial charge in [0.15, 0.2) is 11.5 Å². The lowest BCUT2D eigenvalue weighted by Crippen LogP contribution is -2.31. The van der Waals surface area contributed by atoms with Gasteiger partial charge in [-0.25, -0.2) is 0 Å². The van der Waals surface area contributed by atoms with E-state index in [1.165, 1.54) is 11.0 Å². The van der Waals surface area contributed by atoms with Crippen molar-refractivity contribution in [2.75, 3.05) is 26.9 Å². The topological polar surface area (TPSA) is 106 Å². The average molecular weight is 470 g/mol. The van der Waals surface area contributed by atoms with Crippen molar-refractivity contribution >= 4 is 17.4 Å². The normalized spacial score (nSPS) is 17.4. The monoisotopic (exact) mass is 469 g/mol. The van der Waals surface area contributed by atoms with Crippen LogP contribution >= 0.6 is 0 Å². The van der Waals surface area contributed by atoms with Crippen LogP contribution in [-0.2, 0) is 14.3 Å². The van der Waals surface area contributed by atoms with E-state index in [4.69, 9.17) is 14.2 Å². The Morgan fingerprint density at radius 1 is 1.12 bits per heavy atom. The van der Waals surface area contributed by atoms with Crippen molar-refractivity contribution in [1.29, 1.82) is 0 Å². The summed E-state index contributed by atoms with van der Waals surface area (Å²) in [7, 11) is 1.56. The molecule has 182 valence electrons. The molecule has 3 rings (SSSR count). The standard InChI is InChI=1S/C26H31NO7/c1-5-33-21-15-18(9-12-20(21)28)23-22(25(30)26(31)27(23)13-6-14-32-4)24(29)17-7-10-19(11-8-17)34-16(2)3/h7-12,15-16,23,28-29H,5-6,13-14H2,1-4H3/b24-22+/t23-/m1/s1. The number of Topliss-reactive ketones (excluding diaryl/α,β-unsaturated/α-hetero) is 1. The van der Waals surface area contributed by atoms with Crippen LogP contribution in [0.4, 0.5) is 0 Å². The molecule has 0 unspecified atom stereocenters. The first-order chi connectivity index (χ1) is 16.3. The summed E-state index contributed by atoms with van der Waals surface area (Å²) < 4.78 is 16.2. The van der Waals surface area contributed by atoms with Gasteiger partial charge < -0.3 is 29.3 Å². The predicted molar refractivity (Wildman–Crippen MR) is 127 cm³/mol. The molecule has 34 heavy (non-hydrogen) atoms. The zero-order valence-electron chi connectivity index (χ0n) is 19.9. The molecule has 8 heteroatoms. The van der Waals surface area contributed by atoms with E-state index < -0.39 is 17.7 Å². The van der Waals surface area contributed by atoms with Crippen LogP contribution in [0, 0.1) is 0 Å². The van der Waals surface area contributed by atoms with Crippen LogP contribution in [0.2, 0.25) is 0 Å². The Morgan fingerprint density at radius 3 is 2.44 bits per heavy atom. The number of hydrogen-bond donors (Lipinski definition) is 2. The first kappa shape index (κ1) is 25.1. The fraction of sp³-hybridized carbons (Fsp3) is 0.385. The van der Waals surface area contributed by atoms with E-state index in [1.807, 2.05) is 13.8 Å². The maximum absolute atomic E-state index is 13.1. The molecule has 0 aromatic heterocycles. The Labute approximate surface area is 199 Å². The van der Waals surface area contributed by atoms with Crippen LogP contribution in [-0.4, -0.2) is 59.8 Å². The van der Waals surface area contributed by atoms with E-state index in [2.05, 4.69) is 0 Å². The third-order valence-corrected chi connectivity index (χ3v) is 5.39. The Bertz CT molecular complexity index is 1060. The Balaban J connectivity index is 2.10. The number of rotatable bonds is 10. The van der Waals surface area contributed by atoms with Crippen molar-refractivity contribution in [2.24, 2.45) is 0 Å². The fourth-order valence-electron chi connectivity index (χ4n) is 3.93. The van der Waals surface area contributed by atoms with Gasteiger partial charge in [-0.05, 0) is 69.2 Å². The quantitative estimate of drug-likeness (QED) is 0.234. The molecule has 0 radical (unpaired) electrons. The molecule has 1 amide bonds. The van der Waals surface area contributed by atoms with Crippen molar-refractivity contribution in [3.05, 3.63) is 59.2 Å². The van der Waals surface area contributed by atoms with E-state index in [0.29, 0.717) is 36.5 Å². The number of carbonyl (C=O) groups is 2. The Kier molecular flexibility index (Phi) is 8.17. The molecule has 1 atom stereocenters. The number of carbonyl (C=O) groups excluding carboxylic acids is 2. The lowest BCUT2D eigenvalue weighted by Gasteiger charge is -2.25. The maximum atomic E-state index is 13.1. The zero-order chi connectivity index (χ0) is 24.8. The van der Waals surface area contributed by atoms with Gasteiger partial charge in [-0.15, -0.1) is 0 Å². The van der Waals surface area contributed by atoms with Crippen molar-refractivity contribution in [3.8, 4) is 17.2 Å². The number of hydrogen-bond acceptors (Lipinski definition) is 7. The van der Waals surface area contributed by atoms with Crippen LogP contribution in [0.25, 0.3) is 5.76 Å². The van der Waals surface area contributed by atoms with Crippen molar-refractivity contribution in [2.45, 2.75) is 39.3 Å². The SMILES string of the molecule is CCOc1cc([C@@H]2/C(=C(\O)c3ccc(OC(C)C)cc3)C(=O)C(=O)N2CCCOC)ccc1O. The lowest BCUT2D eigenvalue weighted by molar-refractivity contribution is -0.140. The summed E-state index contributed by atoms with van der Waals surface area (Å²) in [5.41, 5.74) is 0.909. The molecule has 8 nitrogen and oxygen atoms in total. The second kappa shape index (κ2) is 11.1. The summed E-state index contributed by atoms with van der Waals surface area (Å²) in [6.07, 6.45) is 0.503. The van der Waals surface area contributed by atoms with E-state index in [9.17, 15) is 19.8 Å². The molecule has 0 bridgehead atoms. The van der Waals surface area contributed by atoms with E-state index in [0.717, 1.165) is 0 Å². The number of nitrogens with zero attached hydrogens (tertiary/aromatic N) is 1. The number of benzene rings is 2. The second-order valence-corrected chi connectivity index (χ2v) is 8.19. The van der Waals surface area contributed by atoms with Gasteiger partial charge in [-0.3, -0.25) is 9.59 Å². The molecule has 0 aliphatic carbocycles. The van der Waals surface area contributed by atoms with Crippen molar-refractivity contribution < 1.29 is 34.0 Å². The zero-order valence-corrected chi connectivity index (χ0v) is 19.9. The van der Waals surface area contributed by atoms with Crippen LogP contribution < -0.4 is 9.47 Å². The summed E-state index contributed by atoms with van der Waals surface area (Å²) in [5.74, 6) is -0.940. The summed E-state index contributed by atoms with van der Waals surface area (Å²) >= 11 is 0. The minimum absolute atomic E-state index is 0.00842. The third kappa shape index (κ3) is 5.34. The van der Waals surface area contributed by atoms with E-state index in [1.54, 1.807) is 50.4 Å². The first-order valence-corrected chi connectivity index (χ1v) is 11.3. The average Bonchev–Trinajstić information content (AvgIpc) is 3.05. The van der Waals surface area contributed by atoms with Crippen molar-refractivity contribution in [3.63, 3.8) is 0 Å². The number of aliphatic hydroxyl groups is 1. The van der Waals surface area contributed by atoms with Gasteiger partial charge in [0.25, 0.3) is 11.7 Å². The smallest absolute Gasteiger partial charge is 0.295 e. The molecular weight excluding hydrogens is 438 g/mol. The van der Waals surface area contributed by atoms with Crippen LogP contribution in [0.15, 0.2) is 48.0 Å². The minimum atomic E-state index is -0.844. The van der Waals surface area contributed by atoms with Crippen LogP contribution in [0.1, 0.15) is 44.4 Å². The molecule has 1 fully saturated rings. The second-order valence-electron chi connectivity index (χ2n) is 8.19. The van der Waals surface area contributed by atoms with Gasteiger partial charge in [-0.2, -0.15) is 0 Å². The summed E-state index contributed by atoms with van der Waals surface area (Å²) in [6, 6.07) is 10.5. The van der Waals surface area contributed by atoms with Crippen LogP contribution in [0.3, 0.4) is 0 Å². The highest BCUT2D eigenvalue weighted by Crippen LogP contribution is 2.42. The number of ether oxygens (including phenoxy) is 3. The number of aromatic hydroxyl groups is 1. The van der Waals surface area contributed by atoms with Gasteiger partial charge in [0.2, 0.25) is 0 Å². The van der Waals surface area contributed by atoms with Gasteiger partial charge in [0, 0.05) is 25.8 Å². The molecule has 0 spiro atoms. The number of amides is 1. The van der Waals surface area contributed by atoms with E-state index in [-0.39, 0.29) is 35.5 Å². The van der Waals surface area contributed by atoms with Gasteiger partial charge in [-0.1, -0.05) is 6.07 Å². The van der Waals surface area contributed by atoms with Gasteiger partial charge in [0.1, 0.15) is 11.5 Å². The number of phenolic OH excluding ortho intramolecular Hbond substituents is 1. The van der Waals surface area contributed by atoms with Crippen LogP contribution in [0.5, 0.6) is 17.2 Å². The molecule has 1 saturated heterocycles. The molecule has 2 aromatic carbocycles. The number of phenols is 1. The molecule has 2 aromatic rings. The summed E-state index contributed by atoms with van der Waals surface area (Å²) in [5, 5.41) is 21.3. The molecular formula is C26H31NO7. The Hall–Kier alpha value is -3.52. The number of aliphatic hydroxyl groups excluding tert-OH is 1. The fourth-order valence-corrected chi connectivity index (χ4v) is 3.93. The highest BCUT2D eigenvalue weighted by Gasteiger charge is 2.46. The maximum Gasteiger partial charge on any atom is 0.295 e. The van der Waals surface area contributed by atoms with E-state index >= 15 is 0 Å². The molecule has 1 aliphatic rings. The number of likely N-dealkylation sites (tertiary alicyclic amines) is 1. The third-order valence-electron chi connectivity index (χ3n) is 5.39. The van der Waals surface area contributed by atoms with Gasteiger partial charge >= 0.3 is 0 Å². The summed E-state index contributed by atoms with van der Waals surface area (Å²) in [6.45, 7) is 6.60. The van der Waals surface area contributed by atoms with Gasteiger partial charge in [0.05, 0.1) is 24.3 Å². The molecule has 0 saturated carbocycles. The predicted octanol–water partition coefficient (Wildman–Crippen LogP) is 4.04. The number of ketones is 1. The summed E-state index contributed by atoms with van der Waals surface area (Å²) in [4.78, 5) is 27.5. The molecule has 2 N–H and O–H groups in total. The Morgan fingerprint density at radius 2 is 1.82 bits per heavy atom. The molecule has 1 aliphatic heterocycles. The number of methoxy groups -OCH3 is 1. The molecule has 1 heterocycles. The lowest BCUT2D eigenvalue weighted by atomic mass is 9.95.